The van der Waals surface area contributed by atoms with E-state index < -0.39 is 0 Å². The van der Waals surface area contributed by atoms with Gasteiger partial charge in [-0.25, -0.2) is 0 Å². The molecule has 19 heavy (non-hydrogen) atoms. The molecule has 0 bridgehead atoms. The molecule has 5 nitrogen and oxygen atoms in total. The van der Waals surface area contributed by atoms with Gasteiger partial charge < -0.3 is 14.6 Å². The van der Waals surface area contributed by atoms with Gasteiger partial charge in [-0.3, -0.25) is 0 Å². The highest BCUT2D eigenvalue weighted by atomic mass is 16.5. The summed E-state index contributed by atoms with van der Waals surface area (Å²) in [4.78, 5) is 4.17. The van der Waals surface area contributed by atoms with E-state index >= 15 is 0 Å². The summed E-state index contributed by atoms with van der Waals surface area (Å²) in [5, 5.41) is 7.19. The Morgan fingerprint density at radius 3 is 2.63 bits per heavy atom. The van der Waals surface area contributed by atoms with E-state index in [0.29, 0.717) is 11.7 Å². The van der Waals surface area contributed by atoms with E-state index in [9.17, 15) is 0 Å². The summed E-state index contributed by atoms with van der Waals surface area (Å²) in [5.41, 5.74) is 1.22. The fourth-order valence-electron chi connectivity index (χ4n) is 1.85. The average Bonchev–Trinajstić information content (AvgIpc) is 2.84. The van der Waals surface area contributed by atoms with Crippen LogP contribution in [0.25, 0.3) is 0 Å². The standard InChI is InChI=1S/C14H19N3O2/c1-10(12-4-6-13(18-3)7-5-12)15-9-8-14-16-11(2)17-19-14/h4-7,10,15H,8-9H2,1-3H3. The third-order valence-electron chi connectivity index (χ3n) is 2.97. The molecule has 0 spiro atoms. The number of rotatable bonds is 6. The maximum atomic E-state index is 5.14. The maximum Gasteiger partial charge on any atom is 0.227 e. The molecule has 1 N–H and O–H groups in total. The minimum Gasteiger partial charge on any atom is -0.497 e. The zero-order chi connectivity index (χ0) is 13.7. The molecule has 0 radical (unpaired) electrons. The molecule has 2 rings (SSSR count). The summed E-state index contributed by atoms with van der Waals surface area (Å²) < 4.78 is 10.2. The van der Waals surface area contributed by atoms with Crippen molar-refractivity contribution >= 4 is 0 Å². The quantitative estimate of drug-likeness (QED) is 0.864. The summed E-state index contributed by atoms with van der Waals surface area (Å²) in [6.45, 7) is 4.75. The minimum absolute atomic E-state index is 0.273. The van der Waals surface area contributed by atoms with E-state index in [1.54, 1.807) is 7.11 Å². The second-order valence-electron chi connectivity index (χ2n) is 4.43. The second kappa shape index (κ2) is 6.33. The summed E-state index contributed by atoms with van der Waals surface area (Å²) in [6, 6.07) is 8.33. The van der Waals surface area contributed by atoms with Crippen molar-refractivity contribution in [3.8, 4) is 5.75 Å². The van der Waals surface area contributed by atoms with Crippen LogP contribution in [0.2, 0.25) is 0 Å². The van der Waals surface area contributed by atoms with Crippen molar-refractivity contribution in [3.05, 3.63) is 41.5 Å². The first-order valence-corrected chi connectivity index (χ1v) is 6.35. The highest BCUT2D eigenvalue weighted by molar-refractivity contribution is 5.28. The third kappa shape index (κ3) is 3.79. The zero-order valence-electron chi connectivity index (χ0n) is 11.5. The van der Waals surface area contributed by atoms with Crippen molar-refractivity contribution in [2.75, 3.05) is 13.7 Å². The molecule has 2 aromatic rings. The number of aryl methyl sites for hydroxylation is 1. The first-order chi connectivity index (χ1) is 9.19. The van der Waals surface area contributed by atoms with Crippen molar-refractivity contribution in [2.45, 2.75) is 26.3 Å². The van der Waals surface area contributed by atoms with Crippen molar-refractivity contribution < 1.29 is 9.26 Å². The second-order valence-corrected chi connectivity index (χ2v) is 4.43. The average molecular weight is 261 g/mol. The molecule has 0 aliphatic rings. The third-order valence-corrected chi connectivity index (χ3v) is 2.97. The molecule has 5 heteroatoms. The summed E-state index contributed by atoms with van der Waals surface area (Å²) in [7, 11) is 1.67. The molecule has 0 saturated carbocycles. The van der Waals surface area contributed by atoms with Gasteiger partial charge in [0, 0.05) is 19.0 Å². The Labute approximate surface area is 113 Å². The Morgan fingerprint density at radius 2 is 2.05 bits per heavy atom. The number of benzene rings is 1. The highest BCUT2D eigenvalue weighted by Crippen LogP contribution is 2.17. The maximum absolute atomic E-state index is 5.14. The predicted molar refractivity (Wildman–Crippen MR) is 72.2 cm³/mol. The van der Waals surface area contributed by atoms with Crippen LogP contribution in [0.3, 0.4) is 0 Å². The first kappa shape index (κ1) is 13.5. The Morgan fingerprint density at radius 1 is 1.32 bits per heavy atom. The van der Waals surface area contributed by atoms with Gasteiger partial charge in [0.25, 0.3) is 0 Å². The largest absolute Gasteiger partial charge is 0.497 e. The van der Waals surface area contributed by atoms with Crippen LogP contribution in [0.15, 0.2) is 28.8 Å². The van der Waals surface area contributed by atoms with Crippen molar-refractivity contribution in [1.82, 2.24) is 15.5 Å². The molecule has 1 aromatic heterocycles. The van der Waals surface area contributed by atoms with Gasteiger partial charge >= 0.3 is 0 Å². The predicted octanol–water partition coefficient (Wildman–Crippen LogP) is 2.28. The van der Waals surface area contributed by atoms with E-state index in [2.05, 4.69) is 34.5 Å². The van der Waals surface area contributed by atoms with Crippen LogP contribution in [0, 0.1) is 6.92 Å². The van der Waals surface area contributed by atoms with Crippen molar-refractivity contribution in [3.63, 3.8) is 0 Å². The lowest BCUT2D eigenvalue weighted by atomic mass is 10.1. The Bertz CT molecular complexity index is 508. The number of nitrogens with zero attached hydrogens (tertiary/aromatic N) is 2. The fourth-order valence-corrected chi connectivity index (χ4v) is 1.85. The van der Waals surface area contributed by atoms with Gasteiger partial charge in [-0.05, 0) is 31.5 Å². The number of nitrogens with one attached hydrogen (secondary N) is 1. The van der Waals surface area contributed by atoms with Crippen molar-refractivity contribution in [1.29, 1.82) is 0 Å². The molecule has 0 aliphatic heterocycles. The van der Waals surface area contributed by atoms with Gasteiger partial charge in [0.15, 0.2) is 5.82 Å². The molecular formula is C14H19N3O2. The van der Waals surface area contributed by atoms with Crippen LogP contribution in [0.5, 0.6) is 5.75 Å². The van der Waals surface area contributed by atoms with E-state index in [1.165, 1.54) is 5.56 Å². The van der Waals surface area contributed by atoms with Gasteiger partial charge in [0.2, 0.25) is 5.89 Å². The van der Waals surface area contributed by atoms with Crippen LogP contribution in [-0.4, -0.2) is 23.8 Å². The number of hydrogen-bond donors (Lipinski definition) is 1. The van der Waals surface area contributed by atoms with E-state index in [1.807, 2.05) is 19.1 Å². The number of ether oxygens (including phenoxy) is 1. The number of hydrogen-bond acceptors (Lipinski definition) is 5. The zero-order valence-corrected chi connectivity index (χ0v) is 11.5. The molecule has 102 valence electrons. The van der Waals surface area contributed by atoms with Gasteiger partial charge in [0.05, 0.1) is 7.11 Å². The fraction of sp³-hybridized carbons (Fsp3) is 0.429. The SMILES string of the molecule is COc1ccc(C(C)NCCc2nc(C)no2)cc1. The van der Waals surface area contributed by atoms with Gasteiger partial charge in [-0.2, -0.15) is 4.98 Å². The Kier molecular flexibility index (Phi) is 4.52. The van der Waals surface area contributed by atoms with Crippen LogP contribution >= 0.6 is 0 Å². The van der Waals surface area contributed by atoms with Crippen LogP contribution in [0.4, 0.5) is 0 Å². The summed E-state index contributed by atoms with van der Waals surface area (Å²) >= 11 is 0. The summed E-state index contributed by atoms with van der Waals surface area (Å²) in [6.07, 6.45) is 0.737. The molecule has 0 fully saturated rings. The summed E-state index contributed by atoms with van der Waals surface area (Å²) in [5.74, 6) is 2.22. The normalized spacial score (nSPS) is 12.4. The molecule has 1 aromatic carbocycles. The molecule has 0 aliphatic carbocycles. The van der Waals surface area contributed by atoms with Gasteiger partial charge in [0.1, 0.15) is 5.75 Å². The van der Waals surface area contributed by atoms with Gasteiger partial charge in [-0.15, -0.1) is 0 Å². The first-order valence-electron chi connectivity index (χ1n) is 6.35. The molecule has 1 heterocycles. The van der Waals surface area contributed by atoms with Crippen LogP contribution in [-0.2, 0) is 6.42 Å². The van der Waals surface area contributed by atoms with Gasteiger partial charge in [-0.1, -0.05) is 17.3 Å². The van der Waals surface area contributed by atoms with E-state index in [4.69, 9.17) is 9.26 Å². The Balaban J connectivity index is 1.81. The Hall–Kier alpha value is -1.88. The molecule has 1 unspecified atom stereocenters. The molecule has 0 saturated heterocycles. The highest BCUT2D eigenvalue weighted by Gasteiger charge is 2.06. The molecular weight excluding hydrogens is 242 g/mol. The number of methoxy groups -OCH3 is 1. The topological polar surface area (TPSA) is 60.2 Å². The van der Waals surface area contributed by atoms with E-state index in [0.717, 1.165) is 18.7 Å². The van der Waals surface area contributed by atoms with Crippen molar-refractivity contribution in [2.24, 2.45) is 0 Å². The minimum atomic E-state index is 0.273. The smallest absolute Gasteiger partial charge is 0.227 e. The molecule has 0 amide bonds. The van der Waals surface area contributed by atoms with E-state index in [-0.39, 0.29) is 6.04 Å². The molecule has 1 atom stereocenters. The van der Waals surface area contributed by atoms with Crippen LogP contribution < -0.4 is 10.1 Å². The number of aromatic nitrogens is 2. The lowest BCUT2D eigenvalue weighted by Gasteiger charge is -2.13. The lowest BCUT2D eigenvalue weighted by Crippen LogP contribution is -2.21. The lowest BCUT2D eigenvalue weighted by molar-refractivity contribution is 0.370. The monoisotopic (exact) mass is 261 g/mol. The van der Waals surface area contributed by atoms with Crippen LogP contribution in [0.1, 0.15) is 30.2 Å².